The summed E-state index contributed by atoms with van der Waals surface area (Å²) in [6.45, 7) is 9.52. The van der Waals surface area contributed by atoms with Crippen molar-refractivity contribution in [2.45, 2.75) is 20.4 Å². The van der Waals surface area contributed by atoms with Gasteiger partial charge >= 0.3 is 0 Å². The molecule has 0 spiro atoms. The lowest BCUT2D eigenvalue weighted by Gasteiger charge is -2.34. The summed E-state index contributed by atoms with van der Waals surface area (Å²) in [5.74, 6) is 0.580. The van der Waals surface area contributed by atoms with Crippen molar-refractivity contribution in [3.63, 3.8) is 0 Å². The third-order valence-corrected chi connectivity index (χ3v) is 4.61. The minimum atomic E-state index is -0.135. The van der Waals surface area contributed by atoms with Crippen molar-refractivity contribution in [3.05, 3.63) is 53.3 Å². The van der Waals surface area contributed by atoms with E-state index in [0.717, 1.165) is 38.3 Å². The molecule has 6 nitrogen and oxygen atoms in total. The SMILES string of the molecule is CCN1CCN(c2ncc(C(=O)NCc3ccccc3)c(C)n2)CC1. The number of aryl methyl sites for hydroxylation is 1. The van der Waals surface area contributed by atoms with Gasteiger partial charge in [0.15, 0.2) is 0 Å². The predicted molar refractivity (Wildman–Crippen MR) is 98.7 cm³/mol. The van der Waals surface area contributed by atoms with E-state index in [0.29, 0.717) is 23.8 Å². The van der Waals surface area contributed by atoms with Crippen LogP contribution in [0, 0.1) is 6.92 Å². The van der Waals surface area contributed by atoms with Crippen LogP contribution in [0.25, 0.3) is 0 Å². The van der Waals surface area contributed by atoms with Crippen molar-refractivity contribution in [2.75, 3.05) is 37.6 Å². The van der Waals surface area contributed by atoms with Gasteiger partial charge in [-0.1, -0.05) is 37.3 Å². The summed E-state index contributed by atoms with van der Waals surface area (Å²) in [5.41, 5.74) is 2.32. The van der Waals surface area contributed by atoms with Crippen LogP contribution in [-0.2, 0) is 6.54 Å². The second-order valence-electron chi connectivity index (χ2n) is 6.26. The minimum absolute atomic E-state index is 0.135. The average molecular weight is 339 g/mol. The molecule has 1 aliphatic heterocycles. The Kier molecular flexibility index (Phi) is 5.60. The number of likely N-dealkylation sites (N-methyl/N-ethyl adjacent to an activating group) is 1. The molecule has 3 rings (SSSR count). The topological polar surface area (TPSA) is 61.4 Å². The number of hydrogen-bond acceptors (Lipinski definition) is 5. The fraction of sp³-hybridized carbons (Fsp3) is 0.421. The third kappa shape index (κ3) is 4.33. The van der Waals surface area contributed by atoms with Gasteiger partial charge in [0.25, 0.3) is 5.91 Å². The van der Waals surface area contributed by atoms with Crippen molar-refractivity contribution < 1.29 is 4.79 Å². The van der Waals surface area contributed by atoms with Crippen LogP contribution in [0.1, 0.15) is 28.5 Å². The highest BCUT2D eigenvalue weighted by atomic mass is 16.1. The largest absolute Gasteiger partial charge is 0.348 e. The fourth-order valence-electron chi connectivity index (χ4n) is 2.97. The summed E-state index contributed by atoms with van der Waals surface area (Å²) >= 11 is 0. The second-order valence-corrected chi connectivity index (χ2v) is 6.26. The maximum Gasteiger partial charge on any atom is 0.254 e. The first-order valence-corrected chi connectivity index (χ1v) is 8.80. The van der Waals surface area contributed by atoms with Gasteiger partial charge in [0, 0.05) is 38.9 Å². The van der Waals surface area contributed by atoms with Crippen LogP contribution in [0.15, 0.2) is 36.5 Å². The molecule has 1 aliphatic rings. The van der Waals surface area contributed by atoms with Gasteiger partial charge in [0.2, 0.25) is 5.95 Å². The molecule has 25 heavy (non-hydrogen) atoms. The predicted octanol–water partition coefficient (Wildman–Crippen LogP) is 1.86. The summed E-state index contributed by atoms with van der Waals surface area (Å²) in [4.78, 5) is 26.0. The molecule has 132 valence electrons. The number of benzene rings is 1. The Hall–Kier alpha value is -2.47. The fourth-order valence-corrected chi connectivity index (χ4v) is 2.97. The van der Waals surface area contributed by atoms with E-state index in [4.69, 9.17) is 0 Å². The Bertz CT molecular complexity index is 711. The van der Waals surface area contributed by atoms with Gasteiger partial charge in [-0.25, -0.2) is 9.97 Å². The zero-order valence-electron chi connectivity index (χ0n) is 14.9. The number of carbonyl (C=O) groups is 1. The summed E-state index contributed by atoms with van der Waals surface area (Å²) in [5, 5.41) is 2.93. The molecular formula is C19H25N5O. The Morgan fingerprint density at radius 2 is 1.88 bits per heavy atom. The first-order chi connectivity index (χ1) is 12.2. The van der Waals surface area contributed by atoms with Crippen molar-refractivity contribution in [1.29, 1.82) is 0 Å². The van der Waals surface area contributed by atoms with Gasteiger partial charge in [-0.15, -0.1) is 0 Å². The molecule has 0 bridgehead atoms. The number of anilines is 1. The lowest BCUT2D eigenvalue weighted by atomic mass is 10.2. The highest BCUT2D eigenvalue weighted by molar-refractivity contribution is 5.94. The number of hydrogen-bond donors (Lipinski definition) is 1. The Morgan fingerprint density at radius 1 is 1.16 bits per heavy atom. The number of nitrogens with zero attached hydrogens (tertiary/aromatic N) is 4. The van der Waals surface area contributed by atoms with Crippen molar-refractivity contribution in [1.82, 2.24) is 20.2 Å². The molecule has 6 heteroatoms. The van der Waals surface area contributed by atoms with E-state index in [2.05, 4.69) is 32.0 Å². The van der Waals surface area contributed by atoms with Crippen molar-refractivity contribution in [2.24, 2.45) is 0 Å². The zero-order chi connectivity index (χ0) is 17.6. The van der Waals surface area contributed by atoms with Crippen LogP contribution in [0.2, 0.25) is 0 Å². The van der Waals surface area contributed by atoms with Crippen LogP contribution in [0.5, 0.6) is 0 Å². The third-order valence-electron chi connectivity index (χ3n) is 4.61. The summed E-state index contributed by atoms with van der Waals surface area (Å²) < 4.78 is 0. The molecule has 0 aliphatic carbocycles. The number of aromatic nitrogens is 2. The summed E-state index contributed by atoms with van der Waals surface area (Å²) in [7, 11) is 0. The minimum Gasteiger partial charge on any atom is -0.348 e. The first-order valence-electron chi connectivity index (χ1n) is 8.80. The normalized spacial score (nSPS) is 15.2. The standard InChI is InChI=1S/C19H25N5O/c1-3-23-9-11-24(12-10-23)19-21-14-17(15(2)22-19)18(25)20-13-16-7-5-4-6-8-16/h4-8,14H,3,9-13H2,1-2H3,(H,20,25). The van der Waals surface area contributed by atoms with E-state index in [-0.39, 0.29) is 5.91 Å². The monoisotopic (exact) mass is 339 g/mol. The van der Waals surface area contributed by atoms with Gasteiger partial charge in [-0.05, 0) is 19.0 Å². The molecule has 1 aromatic heterocycles. The van der Waals surface area contributed by atoms with Crippen LogP contribution < -0.4 is 10.2 Å². The molecule has 2 heterocycles. The molecule has 1 fully saturated rings. The quantitative estimate of drug-likeness (QED) is 0.901. The van der Waals surface area contributed by atoms with Crippen LogP contribution in [0.3, 0.4) is 0 Å². The van der Waals surface area contributed by atoms with E-state index >= 15 is 0 Å². The van der Waals surface area contributed by atoms with Gasteiger partial charge < -0.3 is 15.1 Å². The second kappa shape index (κ2) is 8.07. The van der Waals surface area contributed by atoms with Gasteiger partial charge in [0.05, 0.1) is 11.3 Å². The maximum absolute atomic E-state index is 12.4. The van der Waals surface area contributed by atoms with Crippen LogP contribution in [0.4, 0.5) is 5.95 Å². The lowest BCUT2D eigenvalue weighted by molar-refractivity contribution is 0.0949. The molecule has 1 aromatic carbocycles. The molecule has 0 radical (unpaired) electrons. The molecule has 0 atom stereocenters. The maximum atomic E-state index is 12.4. The molecule has 1 N–H and O–H groups in total. The molecule has 1 saturated heterocycles. The highest BCUT2D eigenvalue weighted by Gasteiger charge is 2.19. The lowest BCUT2D eigenvalue weighted by Crippen LogP contribution is -2.46. The first kappa shape index (κ1) is 17.4. The number of nitrogens with one attached hydrogen (secondary N) is 1. The van der Waals surface area contributed by atoms with Gasteiger partial charge in [0.1, 0.15) is 0 Å². The smallest absolute Gasteiger partial charge is 0.254 e. The molecule has 0 unspecified atom stereocenters. The van der Waals surface area contributed by atoms with Gasteiger partial charge in [-0.3, -0.25) is 4.79 Å². The van der Waals surface area contributed by atoms with E-state index in [1.807, 2.05) is 37.3 Å². The number of piperazine rings is 1. The van der Waals surface area contributed by atoms with E-state index in [9.17, 15) is 4.79 Å². The van der Waals surface area contributed by atoms with E-state index in [1.165, 1.54) is 0 Å². The van der Waals surface area contributed by atoms with E-state index < -0.39 is 0 Å². The van der Waals surface area contributed by atoms with Crippen LogP contribution in [-0.4, -0.2) is 53.5 Å². The Labute approximate surface area is 148 Å². The highest BCUT2D eigenvalue weighted by Crippen LogP contribution is 2.14. The average Bonchev–Trinajstić information content (AvgIpc) is 2.67. The number of carbonyl (C=O) groups excluding carboxylic acids is 1. The summed E-state index contributed by atoms with van der Waals surface area (Å²) in [6, 6.07) is 9.86. The number of amides is 1. The van der Waals surface area contributed by atoms with Crippen molar-refractivity contribution in [3.8, 4) is 0 Å². The zero-order valence-corrected chi connectivity index (χ0v) is 14.9. The molecule has 0 saturated carbocycles. The number of rotatable bonds is 5. The van der Waals surface area contributed by atoms with E-state index in [1.54, 1.807) is 6.20 Å². The van der Waals surface area contributed by atoms with Crippen molar-refractivity contribution >= 4 is 11.9 Å². The summed E-state index contributed by atoms with van der Waals surface area (Å²) in [6.07, 6.45) is 1.64. The Morgan fingerprint density at radius 3 is 2.52 bits per heavy atom. The Balaban J connectivity index is 1.62. The molecule has 1 amide bonds. The molecular weight excluding hydrogens is 314 g/mol. The molecule has 2 aromatic rings. The van der Waals surface area contributed by atoms with Crippen LogP contribution >= 0.6 is 0 Å². The van der Waals surface area contributed by atoms with Gasteiger partial charge in [-0.2, -0.15) is 0 Å².